The summed E-state index contributed by atoms with van der Waals surface area (Å²) in [6.07, 6.45) is 1.76. The number of rotatable bonds is 6. The van der Waals surface area contributed by atoms with Gasteiger partial charge in [-0.2, -0.15) is 0 Å². The minimum Gasteiger partial charge on any atom is -0.493 e. The summed E-state index contributed by atoms with van der Waals surface area (Å²) in [6, 6.07) is 11.0. The van der Waals surface area contributed by atoms with Crippen molar-refractivity contribution >= 4 is 45.0 Å². The SMILES string of the molecule is COc1cc(C(=O)N2CCC[C@H]2c2nc3ccccc3s2)cc(Cl)c1OCC(N)=O. The zero-order chi connectivity index (χ0) is 21.3. The summed E-state index contributed by atoms with van der Waals surface area (Å²) in [7, 11) is 1.44. The molecule has 0 aliphatic carbocycles. The van der Waals surface area contributed by atoms with Gasteiger partial charge in [0.05, 0.1) is 28.4 Å². The third-order valence-electron chi connectivity index (χ3n) is 4.94. The average Bonchev–Trinajstić information content (AvgIpc) is 3.38. The second kappa shape index (κ2) is 8.49. The van der Waals surface area contributed by atoms with E-state index in [-0.39, 0.29) is 35.1 Å². The number of hydrogen-bond acceptors (Lipinski definition) is 6. The highest BCUT2D eigenvalue weighted by Gasteiger charge is 2.33. The van der Waals surface area contributed by atoms with Gasteiger partial charge in [0, 0.05) is 12.1 Å². The number of fused-ring (bicyclic) bond motifs is 1. The standard InChI is InChI=1S/C21H20ClN3O4S/c1-28-16-10-12(9-13(22)19(16)29-11-18(23)26)21(27)25-8-4-6-15(25)20-24-14-5-2-3-7-17(14)30-20/h2-3,5,7,9-10,15H,4,6,8,11H2,1H3,(H2,23,26)/t15-/m0/s1. The maximum absolute atomic E-state index is 13.3. The number of benzene rings is 2. The Labute approximate surface area is 182 Å². The molecule has 0 radical (unpaired) electrons. The molecule has 0 bridgehead atoms. The number of carbonyl (C=O) groups is 2. The predicted molar refractivity (Wildman–Crippen MR) is 115 cm³/mol. The fraction of sp³-hybridized carbons (Fsp3) is 0.286. The van der Waals surface area contributed by atoms with Crippen molar-refractivity contribution in [1.82, 2.24) is 9.88 Å². The Bertz CT molecular complexity index is 1080. The molecule has 3 aromatic rings. The van der Waals surface area contributed by atoms with Crippen LogP contribution in [0.4, 0.5) is 0 Å². The molecule has 1 aliphatic heterocycles. The van der Waals surface area contributed by atoms with Crippen LogP contribution in [0.1, 0.15) is 34.2 Å². The number of aromatic nitrogens is 1. The topological polar surface area (TPSA) is 94.8 Å². The zero-order valence-electron chi connectivity index (χ0n) is 16.3. The van der Waals surface area contributed by atoms with Crippen LogP contribution in [-0.4, -0.2) is 42.0 Å². The van der Waals surface area contributed by atoms with Crippen molar-refractivity contribution in [2.24, 2.45) is 5.73 Å². The number of nitrogens with two attached hydrogens (primary N) is 1. The van der Waals surface area contributed by atoms with E-state index in [2.05, 4.69) is 0 Å². The predicted octanol–water partition coefficient (Wildman–Crippen LogP) is 3.80. The van der Waals surface area contributed by atoms with Crippen LogP contribution in [-0.2, 0) is 4.79 Å². The van der Waals surface area contributed by atoms with Crippen molar-refractivity contribution < 1.29 is 19.1 Å². The number of carbonyl (C=O) groups excluding carboxylic acids is 2. The molecule has 1 fully saturated rings. The van der Waals surface area contributed by atoms with E-state index in [0.29, 0.717) is 12.1 Å². The van der Waals surface area contributed by atoms with Crippen molar-refractivity contribution in [2.45, 2.75) is 18.9 Å². The van der Waals surface area contributed by atoms with Crippen molar-refractivity contribution in [3.63, 3.8) is 0 Å². The largest absolute Gasteiger partial charge is 0.493 e. The van der Waals surface area contributed by atoms with Gasteiger partial charge in [-0.3, -0.25) is 9.59 Å². The van der Waals surface area contributed by atoms with Gasteiger partial charge in [0.25, 0.3) is 11.8 Å². The van der Waals surface area contributed by atoms with E-state index in [0.717, 1.165) is 28.1 Å². The molecule has 0 unspecified atom stereocenters. The van der Waals surface area contributed by atoms with E-state index < -0.39 is 5.91 Å². The van der Waals surface area contributed by atoms with Crippen LogP contribution in [0.15, 0.2) is 36.4 Å². The van der Waals surface area contributed by atoms with E-state index in [1.807, 2.05) is 29.2 Å². The molecule has 30 heavy (non-hydrogen) atoms. The summed E-state index contributed by atoms with van der Waals surface area (Å²) in [5, 5.41) is 1.11. The molecular formula is C21H20ClN3O4S. The van der Waals surface area contributed by atoms with Crippen molar-refractivity contribution in [2.75, 3.05) is 20.3 Å². The lowest BCUT2D eigenvalue weighted by Gasteiger charge is -2.24. The van der Waals surface area contributed by atoms with Crippen LogP contribution < -0.4 is 15.2 Å². The molecule has 2 amide bonds. The van der Waals surface area contributed by atoms with Crippen LogP contribution in [0.25, 0.3) is 10.2 Å². The van der Waals surface area contributed by atoms with Crippen LogP contribution in [0.3, 0.4) is 0 Å². The molecule has 2 N–H and O–H groups in total. The molecule has 1 atom stereocenters. The fourth-order valence-corrected chi connectivity index (χ4v) is 4.97. The first-order valence-electron chi connectivity index (χ1n) is 9.43. The Morgan fingerprint density at radius 3 is 2.87 bits per heavy atom. The molecule has 2 aromatic carbocycles. The molecule has 1 aliphatic rings. The molecule has 2 heterocycles. The summed E-state index contributed by atoms with van der Waals surface area (Å²) >= 11 is 7.93. The highest BCUT2D eigenvalue weighted by atomic mass is 35.5. The lowest BCUT2D eigenvalue weighted by Crippen LogP contribution is -2.30. The molecule has 1 aromatic heterocycles. The second-order valence-electron chi connectivity index (χ2n) is 6.92. The maximum Gasteiger partial charge on any atom is 0.255 e. The number of halogens is 1. The molecule has 156 valence electrons. The number of para-hydroxylation sites is 1. The number of ether oxygens (including phenoxy) is 2. The second-order valence-corrected chi connectivity index (χ2v) is 8.39. The van der Waals surface area contributed by atoms with Crippen molar-refractivity contribution in [3.8, 4) is 11.5 Å². The normalized spacial score (nSPS) is 16.1. The van der Waals surface area contributed by atoms with Gasteiger partial charge in [-0.1, -0.05) is 23.7 Å². The van der Waals surface area contributed by atoms with Gasteiger partial charge >= 0.3 is 0 Å². The third-order valence-corrected chi connectivity index (χ3v) is 6.36. The number of primary amides is 1. The number of amides is 2. The fourth-order valence-electron chi connectivity index (χ4n) is 3.59. The van der Waals surface area contributed by atoms with E-state index in [1.165, 1.54) is 13.2 Å². The van der Waals surface area contributed by atoms with Gasteiger partial charge in [-0.05, 0) is 37.1 Å². The monoisotopic (exact) mass is 445 g/mol. The Kier molecular flexibility index (Phi) is 5.78. The van der Waals surface area contributed by atoms with Crippen LogP contribution in [0, 0.1) is 0 Å². The molecule has 4 rings (SSSR count). The van der Waals surface area contributed by atoms with Crippen LogP contribution in [0.5, 0.6) is 11.5 Å². The first kappa shape index (κ1) is 20.4. The first-order valence-corrected chi connectivity index (χ1v) is 10.6. The molecule has 7 nitrogen and oxygen atoms in total. The Morgan fingerprint density at radius 2 is 2.13 bits per heavy atom. The maximum atomic E-state index is 13.3. The first-order chi connectivity index (χ1) is 14.5. The number of hydrogen-bond donors (Lipinski definition) is 1. The Hall–Kier alpha value is -2.84. The molecule has 9 heteroatoms. The Balaban J connectivity index is 1.62. The van der Waals surface area contributed by atoms with Crippen LogP contribution in [0.2, 0.25) is 5.02 Å². The van der Waals surface area contributed by atoms with Crippen LogP contribution >= 0.6 is 22.9 Å². The highest BCUT2D eigenvalue weighted by Crippen LogP contribution is 2.40. The van der Waals surface area contributed by atoms with Gasteiger partial charge < -0.3 is 20.1 Å². The summed E-state index contributed by atoms with van der Waals surface area (Å²) in [6.45, 7) is 0.300. The summed E-state index contributed by atoms with van der Waals surface area (Å²) in [5.74, 6) is -0.344. The molecular weight excluding hydrogens is 426 g/mol. The van der Waals surface area contributed by atoms with E-state index in [4.69, 9.17) is 31.8 Å². The van der Waals surface area contributed by atoms with E-state index in [1.54, 1.807) is 17.4 Å². The number of likely N-dealkylation sites (tertiary alicyclic amines) is 1. The zero-order valence-corrected chi connectivity index (χ0v) is 17.8. The summed E-state index contributed by atoms with van der Waals surface area (Å²) < 4.78 is 11.8. The minimum atomic E-state index is -0.635. The smallest absolute Gasteiger partial charge is 0.255 e. The Morgan fingerprint density at radius 1 is 1.33 bits per heavy atom. The summed E-state index contributed by atoms with van der Waals surface area (Å²) in [5.41, 5.74) is 6.46. The summed E-state index contributed by atoms with van der Waals surface area (Å²) in [4.78, 5) is 30.9. The lowest BCUT2D eigenvalue weighted by molar-refractivity contribution is -0.119. The molecule has 0 saturated carbocycles. The number of methoxy groups -OCH3 is 1. The average molecular weight is 446 g/mol. The van der Waals surface area contributed by atoms with Crippen molar-refractivity contribution in [1.29, 1.82) is 0 Å². The van der Waals surface area contributed by atoms with Gasteiger partial charge in [-0.25, -0.2) is 4.98 Å². The minimum absolute atomic E-state index is 0.0783. The van der Waals surface area contributed by atoms with E-state index >= 15 is 0 Å². The lowest BCUT2D eigenvalue weighted by atomic mass is 10.1. The van der Waals surface area contributed by atoms with E-state index in [9.17, 15) is 9.59 Å². The van der Waals surface area contributed by atoms with Gasteiger partial charge in [-0.15, -0.1) is 11.3 Å². The van der Waals surface area contributed by atoms with Crippen molar-refractivity contribution in [3.05, 3.63) is 52.0 Å². The number of thiazole rings is 1. The molecule has 0 spiro atoms. The van der Waals surface area contributed by atoms with Gasteiger partial charge in [0.2, 0.25) is 0 Å². The van der Waals surface area contributed by atoms with Gasteiger partial charge in [0.1, 0.15) is 5.01 Å². The molecule has 1 saturated heterocycles. The highest BCUT2D eigenvalue weighted by molar-refractivity contribution is 7.18. The number of nitrogens with zero attached hydrogens (tertiary/aromatic N) is 2. The third kappa shape index (κ3) is 3.93. The quantitative estimate of drug-likeness (QED) is 0.622. The van der Waals surface area contributed by atoms with Gasteiger partial charge in [0.15, 0.2) is 18.1 Å².